The van der Waals surface area contributed by atoms with Gasteiger partial charge >= 0.3 is 0 Å². The van der Waals surface area contributed by atoms with Crippen LogP contribution in [0.5, 0.6) is 0 Å². The van der Waals surface area contributed by atoms with Crippen LogP contribution in [0.25, 0.3) is 0 Å². The summed E-state index contributed by atoms with van der Waals surface area (Å²) in [4.78, 5) is 0. The Balaban J connectivity index is 4.17. The lowest BCUT2D eigenvalue weighted by Crippen LogP contribution is -2.33. The van der Waals surface area contributed by atoms with E-state index < -0.39 is 0 Å². The molecule has 0 fully saturated rings. The van der Waals surface area contributed by atoms with E-state index in [0.29, 0.717) is 5.88 Å². The monoisotopic (exact) mass is 220 g/mol. The minimum Gasteiger partial charge on any atom is -0.371 e. The molecule has 0 aliphatic carbocycles. The minimum atomic E-state index is -0.0508. The van der Waals surface area contributed by atoms with Crippen LogP contribution >= 0.6 is 11.6 Å². The second-order valence-corrected chi connectivity index (χ2v) is 6.08. The standard InChI is InChI=1S/C12H25ClO/c1-7-12(5,6)14-10(9-13)8-11(2,3)4/h10H,7-9H2,1-6H3. The molecule has 1 nitrogen and oxygen atoms in total. The fraction of sp³-hybridized carbons (Fsp3) is 1.00. The molecule has 0 rings (SSSR count). The Labute approximate surface area is 94.2 Å². The van der Waals surface area contributed by atoms with Crippen molar-refractivity contribution in [2.24, 2.45) is 5.41 Å². The molecule has 2 heteroatoms. The van der Waals surface area contributed by atoms with Gasteiger partial charge in [-0.2, -0.15) is 0 Å². The zero-order valence-electron chi connectivity index (χ0n) is 10.5. The van der Waals surface area contributed by atoms with E-state index >= 15 is 0 Å². The molecule has 0 aliphatic heterocycles. The molecule has 0 amide bonds. The average molecular weight is 221 g/mol. The van der Waals surface area contributed by atoms with Gasteiger partial charge in [-0.15, -0.1) is 11.6 Å². The second kappa shape index (κ2) is 5.37. The van der Waals surface area contributed by atoms with Crippen molar-refractivity contribution >= 4 is 11.6 Å². The first-order chi connectivity index (χ1) is 6.20. The van der Waals surface area contributed by atoms with Crippen LogP contribution < -0.4 is 0 Å². The first kappa shape index (κ1) is 14.2. The molecule has 0 saturated carbocycles. The van der Waals surface area contributed by atoms with Gasteiger partial charge < -0.3 is 4.74 Å². The third-order valence-corrected chi connectivity index (χ3v) is 2.69. The smallest absolute Gasteiger partial charge is 0.0722 e. The number of ether oxygens (including phenoxy) is 1. The zero-order chi connectivity index (χ0) is 11.4. The maximum absolute atomic E-state index is 5.98. The average Bonchev–Trinajstić information content (AvgIpc) is 2.00. The third-order valence-electron chi connectivity index (χ3n) is 2.35. The fourth-order valence-corrected chi connectivity index (χ4v) is 1.52. The molecule has 14 heavy (non-hydrogen) atoms. The highest BCUT2D eigenvalue weighted by Gasteiger charge is 2.25. The van der Waals surface area contributed by atoms with E-state index in [0.717, 1.165) is 12.8 Å². The van der Waals surface area contributed by atoms with Gasteiger partial charge in [0.15, 0.2) is 0 Å². The first-order valence-corrected chi connectivity index (χ1v) is 5.97. The van der Waals surface area contributed by atoms with Crippen molar-refractivity contribution in [3.63, 3.8) is 0 Å². The lowest BCUT2D eigenvalue weighted by molar-refractivity contribution is -0.0764. The highest BCUT2D eigenvalue weighted by Crippen LogP contribution is 2.26. The van der Waals surface area contributed by atoms with Crippen LogP contribution in [-0.2, 0) is 4.74 Å². The Hall–Kier alpha value is 0.250. The molecule has 0 aliphatic rings. The van der Waals surface area contributed by atoms with Gasteiger partial charge in [-0.3, -0.25) is 0 Å². The molecule has 0 aromatic carbocycles. The molecule has 86 valence electrons. The van der Waals surface area contributed by atoms with E-state index in [1.165, 1.54) is 0 Å². The van der Waals surface area contributed by atoms with Gasteiger partial charge in [-0.05, 0) is 32.1 Å². The van der Waals surface area contributed by atoms with Crippen molar-refractivity contribution in [3.8, 4) is 0 Å². The topological polar surface area (TPSA) is 9.23 Å². The summed E-state index contributed by atoms with van der Waals surface area (Å²) in [7, 11) is 0. The number of halogens is 1. The summed E-state index contributed by atoms with van der Waals surface area (Å²) in [6.45, 7) is 13.0. The summed E-state index contributed by atoms with van der Waals surface area (Å²) >= 11 is 5.91. The summed E-state index contributed by atoms with van der Waals surface area (Å²) in [5.41, 5.74) is 0.230. The molecule has 0 radical (unpaired) electrons. The van der Waals surface area contributed by atoms with Crippen LogP contribution in [0.3, 0.4) is 0 Å². The van der Waals surface area contributed by atoms with E-state index in [2.05, 4.69) is 41.5 Å². The Bertz CT molecular complexity index is 158. The second-order valence-electron chi connectivity index (χ2n) is 5.77. The lowest BCUT2D eigenvalue weighted by atomic mass is 9.89. The molecule has 0 N–H and O–H groups in total. The highest BCUT2D eigenvalue weighted by molar-refractivity contribution is 6.18. The van der Waals surface area contributed by atoms with Crippen molar-refractivity contribution < 1.29 is 4.74 Å². The van der Waals surface area contributed by atoms with Crippen molar-refractivity contribution in [1.82, 2.24) is 0 Å². The number of alkyl halides is 1. The molecule has 0 aromatic rings. The maximum Gasteiger partial charge on any atom is 0.0722 e. The summed E-state index contributed by atoms with van der Waals surface area (Å²) < 4.78 is 5.98. The molecule has 0 heterocycles. The van der Waals surface area contributed by atoms with Crippen LogP contribution in [0.2, 0.25) is 0 Å². The van der Waals surface area contributed by atoms with Crippen molar-refractivity contribution in [1.29, 1.82) is 0 Å². The van der Waals surface area contributed by atoms with Crippen molar-refractivity contribution in [2.45, 2.75) is 66.1 Å². The maximum atomic E-state index is 5.98. The van der Waals surface area contributed by atoms with Gasteiger partial charge in [0, 0.05) is 5.88 Å². The largest absolute Gasteiger partial charge is 0.371 e. The Kier molecular flexibility index (Phi) is 5.46. The van der Waals surface area contributed by atoms with E-state index in [1.54, 1.807) is 0 Å². The van der Waals surface area contributed by atoms with Crippen LogP contribution in [0.1, 0.15) is 54.4 Å². The number of rotatable bonds is 5. The highest BCUT2D eigenvalue weighted by atomic mass is 35.5. The number of hydrogen-bond acceptors (Lipinski definition) is 1. The van der Waals surface area contributed by atoms with Crippen LogP contribution in [0.4, 0.5) is 0 Å². The predicted octanol–water partition coefficient (Wildman–Crippen LogP) is 4.24. The molecule has 0 aromatic heterocycles. The molecule has 1 atom stereocenters. The van der Waals surface area contributed by atoms with E-state index in [1.807, 2.05) is 0 Å². The quantitative estimate of drug-likeness (QED) is 0.630. The van der Waals surface area contributed by atoms with Gasteiger partial charge in [0.2, 0.25) is 0 Å². The van der Waals surface area contributed by atoms with Gasteiger partial charge in [-0.25, -0.2) is 0 Å². The Morgan fingerprint density at radius 3 is 1.93 bits per heavy atom. The molecule has 0 bridgehead atoms. The van der Waals surface area contributed by atoms with Crippen molar-refractivity contribution in [2.75, 3.05) is 5.88 Å². The summed E-state index contributed by atoms with van der Waals surface area (Å²) in [6, 6.07) is 0. The minimum absolute atomic E-state index is 0.0508. The van der Waals surface area contributed by atoms with E-state index in [9.17, 15) is 0 Å². The third kappa shape index (κ3) is 6.67. The van der Waals surface area contributed by atoms with Gasteiger partial charge in [0.25, 0.3) is 0 Å². The molecular formula is C12H25ClO. The summed E-state index contributed by atoms with van der Waals surface area (Å²) in [6.07, 6.45) is 2.20. The van der Waals surface area contributed by atoms with Gasteiger partial charge in [0.1, 0.15) is 0 Å². The lowest BCUT2D eigenvalue weighted by Gasteiger charge is -2.32. The number of hydrogen-bond donors (Lipinski definition) is 0. The fourth-order valence-electron chi connectivity index (χ4n) is 1.35. The van der Waals surface area contributed by atoms with Crippen LogP contribution in [0, 0.1) is 5.41 Å². The molecule has 1 unspecified atom stereocenters. The van der Waals surface area contributed by atoms with Crippen LogP contribution in [-0.4, -0.2) is 17.6 Å². The molecule has 0 spiro atoms. The van der Waals surface area contributed by atoms with E-state index in [-0.39, 0.29) is 17.1 Å². The summed E-state index contributed by atoms with van der Waals surface area (Å²) in [5.74, 6) is 0.584. The molecule has 0 saturated heterocycles. The van der Waals surface area contributed by atoms with Crippen molar-refractivity contribution in [3.05, 3.63) is 0 Å². The van der Waals surface area contributed by atoms with Gasteiger partial charge in [-0.1, -0.05) is 27.7 Å². The van der Waals surface area contributed by atoms with Crippen LogP contribution in [0.15, 0.2) is 0 Å². The van der Waals surface area contributed by atoms with Gasteiger partial charge in [0.05, 0.1) is 11.7 Å². The Morgan fingerprint density at radius 2 is 1.64 bits per heavy atom. The first-order valence-electron chi connectivity index (χ1n) is 5.44. The summed E-state index contributed by atoms with van der Waals surface area (Å²) in [5, 5.41) is 0. The van der Waals surface area contributed by atoms with E-state index in [4.69, 9.17) is 16.3 Å². The Morgan fingerprint density at radius 1 is 1.14 bits per heavy atom. The zero-order valence-corrected chi connectivity index (χ0v) is 11.2. The molecular weight excluding hydrogens is 196 g/mol. The normalized spacial score (nSPS) is 15.6. The predicted molar refractivity (Wildman–Crippen MR) is 64.0 cm³/mol. The SMILES string of the molecule is CCC(C)(C)OC(CCl)CC(C)(C)C.